The van der Waals surface area contributed by atoms with E-state index in [-0.39, 0.29) is 11.5 Å². The summed E-state index contributed by atoms with van der Waals surface area (Å²) in [5.74, 6) is -1.94. The molecule has 0 spiro atoms. The fourth-order valence-electron chi connectivity index (χ4n) is 3.56. The van der Waals surface area contributed by atoms with Gasteiger partial charge >= 0.3 is 6.18 Å². The molecule has 1 amide bonds. The number of hydrogen-bond acceptors (Lipinski definition) is 4. The Labute approximate surface area is 204 Å². The van der Waals surface area contributed by atoms with E-state index in [1.54, 1.807) is 42.5 Å². The molecule has 0 aliphatic rings. The van der Waals surface area contributed by atoms with E-state index in [9.17, 15) is 27.6 Å². The number of aromatic nitrogens is 1. The molecule has 9 heteroatoms. The third-order valence-corrected chi connectivity index (χ3v) is 5.38. The molecule has 5 nitrogen and oxygen atoms in total. The number of rotatable bonds is 5. The number of para-hydroxylation sites is 1. The van der Waals surface area contributed by atoms with E-state index in [1.165, 1.54) is 6.20 Å². The number of nitriles is 1. The van der Waals surface area contributed by atoms with Crippen molar-refractivity contribution in [3.63, 3.8) is 0 Å². The van der Waals surface area contributed by atoms with Crippen molar-refractivity contribution in [1.82, 2.24) is 4.98 Å². The summed E-state index contributed by atoms with van der Waals surface area (Å²) in [4.78, 5) is 17.3. The van der Waals surface area contributed by atoms with Crippen molar-refractivity contribution < 1.29 is 22.4 Å². The highest BCUT2D eigenvalue weighted by atomic mass is 19.4. The Morgan fingerprint density at radius 1 is 0.972 bits per heavy atom. The molecule has 0 radical (unpaired) electrons. The van der Waals surface area contributed by atoms with Gasteiger partial charge in [-0.1, -0.05) is 36.4 Å². The minimum absolute atomic E-state index is 0.131. The van der Waals surface area contributed by atoms with Gasteiger partial charge in [0.15, 0.2) is 5.82 Å². The van der Waals surface area contributed by atoms with Gasteiger partial charge in [-0.25, -0.2) is 9.37 Å². The van der Waals surface area contributed by atoms with Crippen LogP contribution in [0.1, 0.15) is 27.0 Å². The lowest BCUT2D eigenvalue weighted by Crippen LogP contribution is -2.16. The van der Waals surface area contributed by atoms with Crippen LogP contribution in [-0.2, 0) is 6.18 Å². The van der Waals surface area contributed by atoms with E-state index in [4.69, 9.17) is 0 Å². The maximum atomic E-state index is 13.9. The predicted molar refractivity (Wildman–Crippen MR) is 128 cm³/mol. The van der Waals surface area contributed by atoms with Crippen molar-refractivity contribution in [2.45, 2.75) is 13.1 Å². The van der Waals surface area contributed by atoms with Crippen LogP contribution in [0.4, 0.5) is 34.8 Å². The van der Waals surface area contributed by atoms with Gasteiger partial charge in [0.05, 0.1) is 22.9 Å². The monoisotopic (exact) mass is 490 g/mol. The standard InChI is InChI=1S/C27H18F4N4O/c1-16-6-2-5-9-23(16)34-25-24(12-19(15-33-25)22-8-4-3-7-17(22)14-32)35-26(36)18-10-20(27(29,30)31)13-21(28)11-18/h2-13,15H,1H3,(H,33,34)(H,35,36). The van der Waals surface area contributed by atoms with Crippen LogP contribution in [0.5, 0.6) is 0 Å². The van der Waals surface area contributed by atoms with Crippen molar-refractivity contribution >= 4 is 23.1 Å². The number of nitrogens with zero attached hydrogens (tertiary/aromatic N) is 2. The molecule has 0 saturated heterocycles. The second kappa shape index (κ2) is 9.88. The fraction of sp³-hybridized carbons (Fsp3) is 0.0741. The van der Waals surface area contributed by atoms with Crippen molar-refractivity contribution in [3.05, 3.63) is 107 Å². The van der Waals surface area contributed by atoms with E-state index >= 15 is 0 Å². The minimum Gasteiger partial charge on any atom is -0.338 e. The van der Waals surface area contributed by atoms with Crippen LogP contribution in [0.25, 0.3) is 11.1 Å². The van der Waals surface area contributed by atoms with Gasteiger partial charge in [0.1, 0.15) is 5.82 Å². The Hall–Kier alpha value is -4.71. The Kier molecular flexibility index (Phi) is 6.70. The molecule has 1 heterocycles. The molecule has 4 aromatic rings. The van der Waals surface area contributed by atoms with Gasteiger partial charge in [-0.15, -0.1) is 0 Å². The van der Waals surface area contributed by atoms with E-state index in [1.807, 2.05) is 19.1 Å². The summed E-state index contributed by atoms with van der Waals surface area (Å²) >= 11 is 0. The number of benzene rings is 3. The van der Waals surface area contributed by atoms with Gasteiger partial charge in [-0.2, -0.15) is 18.4 Å². The Morgan fingerprint density at radius 2 is 1.69 bits per heavy atom. The quantitative estimate of drug-likeness (QED) is 0.293. The average molecular weight is 490 g/mol. The van der Waals surface area contributed by atoms with E-state index in [2.05, 4.69) is 21.7 Å². The molecule has 0 unspecified atom stereocenters. The van der Waals surface area contributed by atoms with Crippen LogP contribution in [0.15, 0.2) is 79.0 Å². The number of aryl methyl sites for hydroxylation is 1. The molecule has 0 saturated carbocycles. The molecule has 180 valence electrons. The first kappa shape index (κ1) is 24.4. The fourth-order valence-corrected chi connectivity index (χ4v) is 3.56. The van der Waals surface area contributed by atoms with Crippen molar-refractivity contribution in [3.8, 4) is 17.2 Å². The highest BCUT2D eigenvalue weighted by molar-refractivity contribution is 6.06. The Balaban J connectivity index is 1.77. The van der Waals surface area contributed by atoms with Crippen molar-refractivity contribution in [1.29, 1.82) is 5.26 Å². The molecule has 0 fully saturated rings. The number of anilines is 3. The summed E-state index contributed by atoms with van der Waals surface area (Å²) in [5, 5.41) is 15.1. The van der Waals surface area contributed by atoms with E-state index in [0.717, 1.165) is 11.6 Å². The number of amides is 1. The van der Waals surface area contributed by atoms with Crippen LogP contribution in [0, 0.1) is 24.1 Å². The first-order valence-corrected chi connectivity index (χ1v) is 10.7. The van der Waals surface area contributed by atoms with Crippen LogP contribution in [-0.4, -0.2) is 10.9 Å². The summed E-state index contributed by atoms with van der Waals surface area (Å²) in [5.41, 5.74) is 1.34. The number of nitrogens with one attached hydrogen (secondary N) is 2. The molecule has 0 aliphatic carbocycles. The van der Waals surface area contributed by atoms with Crippen LogP contribution < -0.4 is 10.6 Å². The number of alkyl halides is 3. The maximum Gasteiger partial charge on any atom is 0.416 e. The molecule has 2 N–H and O–H groups in total. The summed E-state index contributed by atoms with van der Waals surface area (Å²) in [6.45, 7) is 1.86. The van der Waals surface area contributed by atoms with Crippen LogP contribution in [0.2, 0.25) is 0 Å². The SMILES string of the molecule is Cc1ccccc1Nc1ncc(-c2ccccc2C#N)cc1NC(=O)c1cc(F)cc(C(F)(F)F)c1. The van der Waals surface area contributed by atoms with Gasteiger partial charge in [0.2, 0.25) is 0 Å². The molecule has 36 heavy (non-hydrogen) atoms. The highest BCUT2D eigenvalue weighted by Gasteiger charge is 2.32. The summed E-state index contributed by atoms with van der Waals surface area (Å²) in [6.07, 6.45) is -3.31. The molecule has 0 bridgehead atoms. The number of carbonyl (C=O) groups is 1. The lowest BCUT2D eigenvalue weighted by atomic mass is 10.0. The molecule has 1 aromatic heterocycles. The molecular weight excluding hydrogens is 472 g/mol. The molecule has 0 atom stereocenters. The topological polar surface area (TPSA) is 77.8 Å². The summed E-state index contributed by atoms with van der Waals surface area (Å²) < 4.78 is 53.4. The number of carbonyl (C=O) groups excluding carboxylic acids is 1. The molecule has 0 aliphatic heterocycles. The normalized spacial score (nSPS) is 11.0. The first-order chi connectivity index (χ1) is 17.2. The Bertz CT molecular complexity index is 1490. The van der Waals surface area contributed by atoms with Crippen LogP contribution >= 0.6 is 0 Å². The van der Waals surface area contributed by atoms with Gasteiger partial charge < -0.3 is 10.6 Å². The van der Waals surface area contributed by atoms with Crippen molar-refractivity contribution in [2.75, 3.05) is 10.6 Å². The van der Waals surface area contributed by atoms with Gasteiger partial charge in [0, 0.05) is 28.6 Å². The van der Waals surface area contributed by atoms with E-state index in [0.29, 0.717) is 34.5 Å². The number of hydrogen-bond donors (Lipinski definition) is 2. The smallest absolute Gasteiger partial charge is 0.338 e. The predicted octanol–water partition coefficient (Wildman–Crippen LogP) is 7.08. The third kappa shape index (κ3) is 5.33. The van der Waals surface area contributed by atoms with Crippen LogP contribution in [0.3, 0.4) is 0 Å². The lowest BCUT2D eigenvalue weighted by Gasteiger charge is -2.16. The highest BCUT2D eigenvalue weighted by Crippen LogP contribution is 2.33. The number of pyridine rings is 1. The maximum absolute atomic E-state index is 13.9. The summed E-state index contributed by atoms with van der Waals surface area (Å²) in [7, 11) is 0. The second-order valence-corrected chi connectivity index (χ2v) is 7.90. The average Bonchev–Trinajstić information content (AvgIpc) is 2.85. The second-order valence-electron chi connectivity index (χ2n) is 7.90. The first-order valence-electron chi connectivity index (χ1n) is 10.7. The van der Waals surface area contributed by atoms with Gasteiger partial charge in [-0.3, -0.25) is 4.79 Å². The van der Waals surface area contributed by atoms with Gasteiger partial charge in [0.25, 0.3) is 5.91 Å². The third-order valence-electron chi connectivity index (χ3n) is 5.38. The lowest BCUT2D eigenvalue weighted by molar-refractivity contribution is -0.137. The molecule has 3 aromatic carbocycles. The van der Waals surface area contributed by atoms with E-state index < -0.39 is 29.0 Å². The zero-order chi connectivity index (χ0) is 25.9. The molecular formula is C27H18F4N4O. The van der Waals surface area contributed by atoms with Crippen molar-refractivity contribution in [2.24, 2.45) is 0 Å². The Morgan fingerprint density at radius 3 is 2.42 bits per heavy atom. The minimum atomic E-state index is -4.82. The largest absolute Gasteiger partial charge is 0.416 e. The van der Waals surface area contributed by atoms with Gasteiger partial charge in [-0.05, 0) is 48.9 Å². The summed E-state index contributed by atoms with van der Waals surface area (Å²) in [6, 6.07) is 19.3. The zero-order valence-electron chi connectivity index (χ0n) is 18.8. The molecule has 4 rings (SSSR count). The number of halogens is 4. The zero-order valence-corrected chi connectivity index (χ0v) is 18.8.